The van der Waals surface area contributed by atoms with Gasteiger partial charge in [0.25, 0.3) is 5.89 Å². The summed E-state index contributed by atoms with van der Waals surface area (Å²) in [6.45, 7) is 1.73. The van der Waals surface area contributed by atoms with Crippen molar-refractivity contribution in [1.29, 1.82) is 0 Å². The van der Waals surface area contributed by atoms with Gasteiger partial charge in [-0.15, -0.1) is 0 Å². The van der Waals surface area contributed by atoms with Crippen LogP contribution in [0.4, 0.5) is 0 Å². The zero-order valence-electron chi connectivity index (χ0n) is 7.16. The maximum absolute atomic E-state index is 5.92. The predicted molar refractivity (Wildman–Crippen MR) is 52.3 cm³/mol. The summed E-state index contributed by atoms with van der Waals surface area (Å²) in [5.74, 6) is 0.891. The molecule has 0 spiro atoms. The summed E-state index contributed by atoms with van der Waals surface area (Å²) >= 11 is 11.6. The van der Waals surface area contributed by atoms with Crippen molar-refractivity contribution in [2.75, 3.05) is 0 Å². The van der Waals surface area contributed by atoms with E-state index in [0.717, 1.165) is 0 Å². The zero-order chi connectivity index (χ0) is 10.1. The number of pyridine rings is 1. The number of hydrogen-bond acceptors (Lipinski definition) is 4. The molecule has 0 N–H and O–H groups in total. The molecule has 6 heteroatoms. The van der Waals surface area contributed by atoms with Crippen LogP contribution in [0.2, 0.25) is 10.2 Å². The third-order valence-corrected chi connectivity index (χ3v) is 2.10. The van der Waals surface area contributed by atoms with E-state index in [9.17, 15) is 0 Å². The zero-order valence-corrected chi connectivity index (χ0v) is 8.67. The molecule has 0 atom stereocenters. The van der Waals surface area contributed by atoms with Gasteiger partial charge < -0.3 is 4.52 Å². The second-order valence-corrected chi connectivity index (χ2v) is 3.43. The van der Waals surface area contributed by atoms with Crippen molar-refractivity contribution in [3.8, 4) is 11.5 Å². The van der Waals surface area contributed by atoms with E-state index in [4.69, 9.17) is 27.7 Å². The molecule has 14 heavy (non-hydrogen) atoms. The van der Waals surface area contributed by atoms with Crippen molar-refractivity contribution < 1.29 is 4.52 Å². The maximum atomic E-state index is 5.92. The van der Waals surface area contributed by atoms with E-state index in [2.05, 4.69) is 15.1 Å². The van der Waals surface area contributed by atoms with Gasteiger partial charge in [-0.2, -0.15) is 4.98 Å². The van der Waals surface area contributed by atoms with Crippen LogP contribution in [0.15, 0.2) is 16.8 Å². The van der Waals surface area contributed by atoms with E-state index < -0.39 is 0 Å². The molecular formula is C8H5Cl2N3O. The summed E-state index contributed by atoms with van der Waals surface area (Å²) in [5, 5.41) is 4.42. The summed E-state index contributed by atoms with van der Waals surface area (Å²) < 4.78 is 4.94. The molecule has 72 valence electrons. The van der Waals surface area contributed by atoms with Gasteiger partial charge in [0.1, 0.15) is 5.15 Å². The molecule has 2 heterocycles. The Morgan fingerprint density at radius 1 is 1.36 bits per heavy atom. The van der Waals surface area contributed by atoms with Crippen molar-refractivity contribution in [2.24, 2.45) is 0 Å². The molecule has 2 rings (SSSR count). The molecule has 0 saturated heterocycles. The van der Waals surface area contributed by atoms with Crippen LogP contribution in [-0.2, 0) is 0 Å². The maximum Gasteiger partial charge on any atom is 0.260 e. The van der Waals surface area contributed by atoms with Crippen molar-refractivity contribution >= 4 is 23.2 Å². The van der Waals surface area contributed by atoms with Crippen LogP contribution in [0.1, 0.15) is 5.82 Å². The molecule has 0 radical (unpaired) electrons. The highest BCUT2D eigenvalue weighted by Crippen LogP contribution is 2.27. The second kappa shape index (κ2) is 3.55. The van der Waals surface area contributed by atoms with Crippen LogP contribution in [0, 0.1) is 6.92 Å². The summed E-state index contributed by atoms with van der Waals surface area (Å²) in [6, 6.07) is 1.53. The minimum atomic E-state index is 0.329. The molecule has 0 aliphatic carbocycles. The van der Waals surface area contributed by atoms with Crippen LogP contribution in [0.3, 0.4) is 0 Å². The summed E-state index contributed by atoms with van der Waals surface area (Å²) in [5.41, 5.74) is 0.580. The van der Waals surface area contributed by atoms with Gasteiger partial charge in [0, 0.05) is 6.20 Å². The molecular weight excluding hydrogens is 225 g/mol. The van der Waals surface area contributed by atoms with Gasteiger partial charge in [-0.25, -0.2) is 4.98 Å². The first-order chi connectivity index (χ1) is 6.66. The van der Waals surface area contributed by atoms with Gasteiger partial charge in [-0.05, 0) is 13.0 Å². The van der Waals surface area contributed by atoms with E-state index in [-0.39, 0.29) is 0 Å². The minimum Gasteiger partial charge on any atom is -0.334 e. The standard InChI is InChI=1S/C8H5Cl2N3O/c1-4-12-8(14-13-4)5-3-11-7(10)2-6(5)9/h2-3H,1H3. The fourth-order valence-electron chi connectivity index (χ4n) is 0.971. The van der Waals surface area contributed by atoms with E-state index in [1.54, 1.807) is 6.92 Å². The van der Waals surface area contributed by atoms with Gasteiger partial charge in [0.15, 0.2) is 5.82 Å². The normalized spacial score (nSPS) is 10.5. The van der Waals surface area contributed by atoms with Gasteiger partial charge >= 0.3 is 0 Å². The number of aromatic nitrogens is 3. The van der Waals surface area contributed by atoms with Crippen LogP contribution in [0.25, 0.3) is 11.5 Å². The second-order valence-electron chi connectivity index (χ2n) is 2.63. The van der Waals surface area contributed by atoms with E-state index in [1.807, 2.05) is 0 Å². The fourth-order valence-corrected chi connectivity index (χ4v) is 1.42. The van der Waals surface area contributed by atoms with Gasteiger partial charge in [0.2, 0.25) is 0 Å². The molecule has 0 aliphatic heterocycles. The Kier molecular flexibility index (Phi) is 2.39. The third-order valence-electron chi connectivity index (χ3n) is 1.58. The highest BCUT2D eigenvalue weighted by atomic mass is 35.5. The first-order valence-corrected chi connectivity index (χ1v) is 4.54. The van der Waals surface area contributed by atoms with Crippen LogP contribution < -0.4 is 0 Å². The van der Waals surface area contributed by atoms with Gasteiger partial charge in [0.05, 0.1) is 10.6 Å². The molecule has 0 fully saturated rings. The Labute approximate surface area is 89.9 Å². The molecule has 2 aromatic rings. The molecule has 2 aromatic heterocycles. The fraction of sp³-hybridized carbons (Fsp3) is 0.125. The molecule has 0 amide bonds. The first kappa shape index (κ1) is 9.43. The van der Waals surface area contributed by atoms with Crippen molar-refractivity contribution in [1.82, 2.24) is 15.1 Å². The lowest BCUT2D eigenvalue weighted by molar-refractivity contribution is 0.425. The van der Waals surface area contributed by atoms with Crippen molar-refractivity contribution in [3.05, 3.63) is 28.3 Å². The summed E-state index contributed by atoms with van der Waals surface area (Å²) in [7, 11) is 0. The number of rotatable bonds is 1. The Morgan fingerprint density at radius 2 is 2.14 bits per heavy atom. The van der Waals surface area contributed by atoms with Crippen LogP contribution in [-0.4, -0.2) is 15.1 Å². The highest BCUT2D eigenvalue weighted by Gasteiger charge is 2.11. The van der Waals surface area contributed by atoms with E-state index in [1.165, 1.54) is 12.3 Å². The quantitative estimate of drug-likeness (QED) is 0.706. The lowest BCUT2D eigenvalue weighted by Gasteiger charge is -1.97. The lowest BCUT2D eigenvalue weighted by Crippen LogP contribution is -1.83. The molecule has 0 bridgehead atoms. The predicted octanol–water partition coefficient (Wildman–Crippen LogP) is 2.75. The molecule has 0 saturated carbocycles. The molecule has 0 unspecified atom stereocenters. The van der Waals surface area contributed by atoms with Crippen molar-refractivity contribution in [2.45, 2.75) is 6.92 Å². The third kappa shape index (κ3) is 1.71. The van der Waals surface area contributed by atoms with Crippen LogP contribution in [0.5, 0.6) is 0 Å². The van der Waals surface area contributed by atoms with E-state index in [0.29, 0.717) is 27.5 Å². The number of aryl methyl sites for hydroxylation is 1. The van der Waals surface area contributed by atoms with Crippen molar-refractivity contribution in [3.63, 3.8) is 0 Å². The van der Waals surface area contributed by atoms with Gasteiger partial charge in [-0.1, -0.05) is 28.4 Å². The Bertz CT molecular complexity index is 469. The molecule has 0 aliphatic rings. The highest BCUT2D eigenvalue weighted by molar-refractivity contribution is 6.35. The smallest absolute Gasteiger partial charge is 0.260 e. The summed E-state index contributed by atoms with van der Waals surface area (Å²) in [6.07, 6.45) is 1.50. The molecule has 4 nitrogen and oxygen atoms in total. The Hall–Kier alpha value is -1.13. The SMILES string of the molecule is Cc1noc(-c2cnc(Cl)cc2Cl)n1. The largest absolute Gasteiger partial charge is 0.334 e. The summed E-state index contributed by atoms with van der Waals surface area (Å²) in [4.78, 5) is 7.90. The Morgan fingerprint density at radius 3 is 2.71 bits per heavy atom. The first-order valence-electron chi connectivity index (χ1n) is 3.78. The number of halogens is 2. The number of hydrogen-bond donors (Lipinski definition) is 0. The average molecular weight is 230 g/mol. The van der Waals surface area contributed by atoms with Crippen LogP contribution >= 0.6 is 23.2 Å². The number of nitrogens with zero attached hydrogens (tertiary/aromatic N) is 3. The van der Waals surface area contributed by atoms with E-state index >= 15 is 0 Å². The average Bonchev–Trinajstić information content (AvgIpc) is 2.51. The Balaban J connectivity index is 2.52. The topological polar surface area (TPSA) is 51.8 Å². The monoisotopic (exact) mass is 229 g/mol. The molecule has 0 aromatic carbocycles. The minimum absolute atomic E-state index is 0.329. The lowest BCUT2D eigenvalue weighted by atomic mass is 10.3. The van der Waals surface area contributed by atoms with Gasteiger partial charge in [-0.3, -0.25) is 0 Å².